The highest BCUT2D eigenvalue weighted by atomic mass is 19.4. The summed E-state index contributed by atoms with van der Waals surface area (Å²) in [6.45, 7) is 3.72. The van der Waals surface area contributed by atoms with Gasteiger partial charge in [-0.25, -0.2) is 0 Å². The summed E-state index contributed by atoms with van der Waals surface area (Å²) in [5.41, 5.74) is 0.137. The number of nitrogens with zero attached hydrogens (tertiary/aromatic N) is 2. The molecule has 0 spiro atoms. The quantitative estimate of drug-likeness (QED) is 0.824. The summed E-state index contributed by atoms with van der Waals surface area (Å²) in [7, 11) is 0. The van der Waals surface area contributed by atoms with Gasteiger partial charge in [0.15, 0.2) is 0 Å². The Kier molecular flexibility index (Phi) is 4.85. The molecule has 4 rings (SSSR count). The number of fused-ring (bicyclic) bond motifs is 1. The van der Waals surface area contributed by atoms with Crippen LogP contribution < -0.4 is 15.5 Å². The second-order valence-corrected chi connectivity index (χ2v) is 7.46. The van der Waals surface area contributed by atoms with Crippen LogP contribution in [0.1, 0.15) is 45.8 Å². The van der Waals surface area contributed by atoms with Gasteiger partial charge in [-0.3, -0.25) is 9.59 Å². The standard InChI is InChI=1S/C20H21F3N4O2/c1-12-11-27(15-4-2-13(3-5-15)20(21,22)23)19(29)17-16(7-9-26(12)17)18(28)25-14-6-8-24-10-14/h2-5,7,9,12,14,24H,6,8,10-11H2,1H3,(H,25,28)/t12-,14?/m0/s1. The van der Waals surface area contributed by atoms with Gasteiger partial charge < -0.3 is 20.1 Å². The van der Waals surface area contributed by atoms with E-state index in [4.69, 9.17) is 0 Å². The predicted octanol–water partition coefficient (Wildman–Crippen LogP) is 2.82. The van der Waals surface area contributed by atoms with Crippen LogP contribution in [0.15, 0.2) is 36.5 Å². The third-order valence-electron chi connectivity index (χ3n) is 5.43. The summed E-state index contributed by atoms with van der Waals surface area (Å²) < 4.78 is 40.3. The number of alkyl halides is 3. The topological polar surface area (TPSA) is 66.4 Å². The molecule has 1 saturated heterocycles. The number of halogens is 3. The Balaban J connectivity index is 1.62. The Hall–Kier alpha value is -2.81. The molecule has 2 atom stereocenters. The zero-order valence-electron chi connectivity index (χ0n) is 15.8. The molecule has 2 aliphatic rings. The monoisotopic (exact) mass is 406 g/mol. The number of carbonyl (C=O) groups is 2. The van der Waals surface area contributed by atoms with E-state index in [2.05, 4.69) is 10.6 Å². The summed E-state index contributed by atoms with van der Waals surface area (Å²) >= 11 is 0. The van der Waals surface area contributed by atoms with Crippen LogP contribution in [0, 0.1) is 0 Å². The highest BCUT2D eigenvalue weighted by Crippen LogP contribution is 2.33. The van der Waals surface area contributed by atoms with Crippen molar-refractivity contribution in [2.24, 2.45) is 0 Å². The van der Waals surface area contributed by atoms with E-state index in [0.717, 1.165) is 25.1 Å². The van der Waals surface area contributed by atoms with Crippen molar-refractivity contribution in [3.63, 3.8) is 0 Å². The zero-order chi connectivity index (χ0) is 20.8. The lowest BCUT2D eigenvalue weighted by Crippen LogP contribution is -2.44. The minimum atomic E-state index is -4.44. The minimum Gasteiger partial charge on any atom is -0.348 e. The lowest BCUT2D eigenvalue weighted by Gasteiger charge is -2.33. The molecule has 0 radical (unpaired) electrons. The summed E-state index contributed by atoms with van der Waals surface area (Å²) in [6.07, 6.45) is -1.90. The molecule has 0 saturated carbocycles. The second kappa shape index (κ2) is 7.22. The van der Waals surface area contributed by atoms with E-state index in [1.807, 2.05) is 6.92 Å². The summed E-state index contributed by atoms with van der Waals surface area (Å²) in [5, 5.41) is 6.10. The Labute approximate surface area is 165 Å². The molecule has 154 valence electrons. The largest absolute Gasteiger partial charge is 0.416 e. The average molecular weight is 406 g/mol. The molecular formula is C20H21F3N4O2. The Morgan fingerprint density at radius 1 is 1.21 bits per heavy atom. The maximum Gasteiger partial charge on any atom is 0.416 e. The maximum atomic E-state index is 13.2. The first-order valence-corrected chi connectivity index (χ1v) is 9.47. The first kappa shape index (κ1) is 19.5. The zero-order valence-corrected chi connectivity index (χ0v) is 15.8. The third kappa shape index (κ3) is 3.62. The molecule has 2 aliphatic heterocycles. The van der Waals surface area contributed by atoms with Crippen LogP contribution >= 0.6 is 0 Å². The number of amides is 2. The molecule has 2 amide bonds. The maximum absolute atomic E-state index is 13.2. The molecule has 2 N–H and O–H groups in total. The van der Waals surface area contributed by atoms with E-state index in [0.29, 0.717) is 18.8 Å². The van der Waals surface area contributed by atoms with Gasteiger partial charge in [0.25, 0.3) is 11.8 Å². The highest BCUT2D eigenvalue weighted by molar-refractivity contribution is 6.13. The second-order valence-electron chi connectivity index (χ2n) is 7.46. The van der Waals surface area contributed by atoms with Gasteiger partial charge in [0, 0.05) is 37.1 Å². The number of carbonyl (C=O) groups excluding carboxylic acids is 2. The van der Waals surface area contributed by atoms with Crippen molar-refractivity contribution in [3.8, 4) is 0 Å². The molecule has 0 bridgehead atoms. The van der Waals surface area contributed by atoms with E-state index in [1.165, 1.54) is 17.0 Å². The Bertz CT molecular complexity index is 930. The van der Waals surface area contributed by atoms with Crippen LogP contribution in [0.25, 0.3) is 0 Å². The number of hydrogen-bond donors (Lipinski definition) is 2. The van der Waals surface area contributed by atoms with E-state index in [9.17, 15) is 22.8 Å². The molecule has 29 heavy (non-hydrogen) atoms. The molecule has 1 aromatic heterocycles. The molecule has 1 aromatic carbocycles. The fourth-order valence-electron chi connectivity index (χ4n) is 3.88. The van der Waals surface area contributed by atoms with Gasteiger partial charge in [0.1, 0.15) is 5.69 Å². The first-order valence-electron chi connectivity index (χ1n) is 9.47. The summed E-state index contributed by atoms with van der Waals surface area (Å²) in [5.74, 6) is -0.718. The lowest BCUT2D eigenvalue weighted by molar-refractivity contribution is -0.137. The van der Waals surface area contributed by atoms with E-state index >= 15 is 0 Å². The molecule has 6 nitrogen and oxygen atoms in total. The van der Waals surface area contributed by atoms with Crippen LogP contribution in [0.3, 0.4) is 0 Å². The summed E-state index contributed by atoms with van der Waals surface area (Å²) in [6, 6.07) is 6.01. The van der Waals surface area contributed by atoms with Gasteiger partial charge in [0.2, 0.25) is 0 Å². The molecule has 9 heteroatoms. The molecule has 1 fully saturated rings. The van der Waals surface area contributed by atoms with E-state index in [-0.39, 0.29) is 29.2 Å². The van der Waals surface area contributed by atoms with E-state index in [1.54, 1.807) is 16.8 Å². The lowest BCUT2D eigenvalue weighted by atomic mass is 10.1. The predicted molar refractivity (Wildman–Crippen MR) is 101 cm³/mol. The van der Waals surface area contributed by atoms with Gasteiger partial charge in [0.05, 0.1) is 11.1 Å². The van der Waals surface area contributed by atoms with Gasteiger partial charge in [-0.1, -0.05) is 0 Å². The normalized spacial score (nSPS) is 21.9. The fraction of sp³-hybridized carbons (Fsp3) is 0.400. The molecule has 0 aliphatic carbocycles. The fourth-order valence-corrected chi connectivity index (χ4v) is 3.88. The third-order valence-corrected chi connectivity index (χ3v) is 5.43. The van der Waals surface area contributed by atoms with Crippen molar-refractivity contribution in [2.45, 2.75) is 31.6 Å². The SMILES string of the molecule is C[C@H]1CN(c2ccc(C(F)(F)F)cc2)C(=O)c2c(C(=O)NC3CCNC3)ccn21. The first-order chi connectivity index (χ1) is 13.8. The van der Waals surface area contributed by atoms with Crippen molar-refractivity contribution >= 4 is 17.5 Å². The van der Waals surface area contributed by atoms with Gasteiger partial charge in [-0.15, -0.1) is 0 Å². The minimum absolute atomic E-state index is 0.0141. The van der Waals surface area contributed by atoms with Crippen LogP contribution in [-0.4, -0.2) is 42.1 Å². The van der Waals surface area contributed by atoms with Gasteiger partial charge in [-0.05, 0) is 50.2 Å². The van der Waals surface area contributed by atoms with E-state index < -0.39 is 17.6 Å². The Morgan fingerprint density at radius 2 is 1.93 bits per heavy atom. The number of nitrogens with one attached hydrogen (secondary N) is 2. The number of rotatable bonds is 3. The van der Waals surface area contributed by atoms with Crippen molar-refractivity contribution in [1.82, 2.24) is 15.2 Å². The van der Waals surface area contributed by atoms with Crippen molar-refractivity contribution < 1.29 is 22.8 Å². The number of hydrogen-bond acceptors (Lipinski definition) is 3. The van der Waals surface area contributed by atoms with Gasteiger partial charge >= 0.3 is 6.18 Å². The highest BCUT2D eigenvalue weighted by Gasteiger charge is 2.35. The molecule has 1 unspecified atom stereocenters. The van der Waals surface area contributed by atoms with Crippen LogP contribution in [0.5, 0.6) is 0 Å². The number of benzene rings is 1. The number of anilines is 1. The van der Waals surface area contributed by atoms with Crippen LogP contribution in [-0.2, 0) is 6.18 Å². The number of aromatic nitrogens is 1. The summed E-state index contributed by atoms with van der Waals surface area (Å²) in [4.78, 5) is 27.3. The smallest absolute Gasteiger partial charge is 0.348 e. The average Bonchev–Trinajstić information content (AvgIpc) is 3.34. The van der Waals surface area contributed by atoms with Gasteiger partial charge in [-0.2, -0.15) is 13.2 Å². The molecule has 3 heterocycles. The Morgan fingerprint density at radius 3 is 2.55 bits per heavy atom. The van der Waals surface area contributed by atoms with Crippen LogP contribution in [0.2, 0.25) is 0 Å². The molecule has 2 aromatic rings. The molecular weight excluding hydrogens is 385 g/mol. The van der Waals surface area contributed by atoms with Crippen molar-refractivity contribution in [1.29, 1.82) is 0 Å². The van der Waals surface area contributed by atoms with Crippen molar-refractivity contribution in [3.05, 3.63) is 53.3 Å². The van der Waals surface area contributed by atoms with Crippen molar-refractivity contribution in [2.75, 3.05) is 24.5 Å². The van der Waals surface area contributed by atoms with Crippen LogP contribution in [0.4, 0.5) is 18.9 Å².